The minimum atomic E-state index is -0.132. The quantitative estimate of drug-likeness (QED) is 0.726. The number of ketones is 1. The first-order valence-corrected chi connectivity index (χ1v) is 5.51. The fraction of sp³-hybridized carbons (Fsp3) is 0.250. The standard InChI is InChI=1S/C8H6O3S2/c9-3-5-7(11)6-4(10)1-2-12-8(6)13-5/h3,11H,1-2H2. The van der Waals surface area contributed by atoms with Crippen LogP contribution in [0.25, 0.3) is 0 Å². The molecule has 0 radical (unpaired) electrons. The van der Waals surface area contributed by atoms with Crippen molar-refractivity contribution in [1.82, 2.24) is 0 Å². The minimum Gasteiger partial charge on any atom is -0.506 e. The Balaban J connectivity index is 2.61. The third-order valence-corrected chi connectivity index (χ3v) is 4.20. The molecule has 0 amide bonds. The highest BCUT2D eigenvalue weighted by Gasteiger charge is 2.26. The topological polar surface area (TPSA) is 54.4 Å². The highest BCUT2D eigenvalue weighted by Crippen LogP contribution is 2.43. The van der Waals surface area contributed by atoms with Crippen molar-refractivity contribution in [1.29, 1.82) is 0 Å². The summed E-state index contributed by atoms with van der Waals surface area (Å²) >= 11 is 2.71. The lowest BCUT2D eigenvalue weighted by atomic mass is 10.1. The van der Waals surface area contributed by atoms with Crippen LogP contribution in [0.2, 0.25) is 0 Å². The molecule has 5 heteroatoms. The van der Waals surface area contributed by atoms with Gasteiger partial charge in [-0.15, -0.1) is 23.1 Å². The summed E-state index contributed by atoms with van der Waals surface area (Å²) in [7, 11) is 0. The third kappa shape index (κ3) is 1.28. The van der Waals surface area contributed by atoms with E-state index in [4.69, 9.17) is 0 Å². The van der Waals surface area contributed by atoms with Gasteiger partial charge in [0.2, 0.25) is 0 Å². The normalized spacial score (nSPS) is 15.5. The molecule has 0 atom stereocenters. The van der Waals surface area contributed by atoms with Crippen molar-refractivity contribution in [2.75, 3.05) is 5.75 Å². The second-order valence-electron chi connectivity index (χ2n) is 2.62. The summed E-state index contributed by atoms with van der Waals surface area (Å²) in [5.41, 5.74) is 0.350. The molecular weight excluding hydrogens is 208 g/mol. The largest absolute Gasteiger partial charge is 0.506 e. The molecule has 1 aromatic heterocycles. The predicted molar refractivity (Wildman–Crippen MR) is 51.0 cm³/mol. The first-order valence-electron chi connectivity index (χ1n) is 3.71. The maximum atomic E-state index is 11.4. The molecule has 0 aromatic carbocycles. The molecule has 0 bridgehead atoms. The smallest absolute Gasteiger partial charge is 0.169 e. The molecule has 2 rings (SSSR count). The first-order chi connectivity index (χ1) is 6.24. The zero-order chi connectivity index (χ0) is 9.42. The Morgan fingerprint density at radius 1 is 1.46 bits per heavy atom. The van der Waals surface area contributed by atoms with E-state index in [9.17, 15) is 14.7 Å². The molecule has 0 aliphatic carbocycles. The van der Waals surface area contributed by atoms with Crippen molar-refractivity contribution in [2.45, 2.75) is 10.6 Å². The lowest BCUT2D eigenvalue weighted by Gasteiger charge is -2.08. The number of hydrogen-bond acceptors (Lipinski definition) is 5. The van der Waals surface area contributed by atoms with Gasteiger partial charge in [0.15, 0.2) is 12.1 Å². The third-order valence-electron chi connectivity index (χ3n) is 1.83. The Bertz CT molecular complexity index is 381. The molecule has 0 fully saturated rings. The van der Waals surface area contributed by atoms with Crippen LogP contribution < -0.4 is 0 Å². The van der Waals surface area contributed by atoms with E-state index in [0.29, 0.717) is 18.3 Å². The first kappa shape index (κ1) is 8.77. The molecule has 68 valence electrons. The van der Waals surface area contributed by atoms with Crippen molar-refractivity contribution in [3.63, 3.8) is 0 Å². The van der Waals surface area contributed by atoms with Gasteiger partial charge in [-0.2, -0.15) is 0 Å². The number of rotatable bonds is 1. The highest BCUT2D eigenvalue weighted by molar-refractivity contribution is 8.01. The van der Waals surface area contributed by atoms with E-state index >= 15 is 0 Å². The summed E-state index contributed by atoms with van der Waals surface area (Å²) in [6, 6.07) is 0. The summed E-state index contributed by atoms with van der Waals surface area (Å²) < 4.78 is 0.774. The molecule has 2 heterocycles. The van der Waals surface area contributed by atoms with Crippen LogP contribution in [-0.4, -0.2) is 22.9 Å². The molecule has 1 N–H and O–H groups in total. The number of carbonyl (C=O) groups is 2. The Morgan fingerprint density at radius 3 is 2.85 bits per heavy atom. The lowest BCUT2D eigenvalue weighted by Crippen LogP contribution is -2.05. The van der Waals surface area contributed by atoms with Crippen LogP contribution >= 0.6 is 23.1 Å². The number of fused-ring (bicyclic) bond motifs is 1. The van der Waals surface area contributed by atoms with Crippen LogP contribution in [0, 0.1) is 0 Å². The Kier molecular flexibility index (Phi) is 2.13. The number of aromatic hydroxyl groups is 1. The van der Waals surface area contributed by atoms with Gasteiger partial charge in [-0.1, -0.05) is 0 Å². The highest BCUT2D eigenvalue weighted by atomic mass is 32.2. The summed E-state index contributed by atoms with van der Waals surface area (Å²) in [5, 5.41) is 9.49. The second kappa shape index (κ2) is 3.16. The number of Topliss-reactive ketones (excluding diaryl/α,β-unsaturated/α-hetero) is 1. The van der Waals surface area contributed by atoms with Crippen LogP contribution in [-0.2, 0) is 0 Å². The van der Waals surface area contributed by atoms with E-state index in [1.165, 1.54) is 23.1 Å². The van der Waals surface area contributed by atoms with Crippen LogP contribution in [0.1, 0.15) is 26.5 Å². The number of hydrogen-bond donors (Lipinski definition) is 1. The monoisotopic (exact) mass is 214 g/mol. The summed E-state index contributed by atoms with van der Waals surface area (Å²) in [5.74, 6) is 0.548. The zero-order valence-electron chi connectivity index (χ0n) is 6.57. The van der Waals surface area contributed by atoms with Crippen molar-refractivity contribution >= 4 is 35.2 Å². The van der Waals surface area contributed by atoms with Gasteiger partial charge in [0, 0.05) is 12.2 Å². The van der Waals surface area contributed by atoms with Crippen LogP contribution in [0.4, 0.5) is 0 Å². The molecule has 1 aromatic rings. The van der Waals surface area contributed by atoms with Crippen LogP contribution in [0.3, 0.4) is 0 Å². The van der Waals surface area contributed by atoms with Crippen molar-refractivity contribution < 1.29 is 14.7 Å². The molecule has 1 aliphatic rings. The van der Waals surface area contributed by atoms with Gasteiger partial charge >= 0.3 is 0 Å². The SMILES string of the molecule is O=Cc1sc2c(c1O)C(=O)CCS2. The van der Waals surface area contributed by atoms with E-state index in [1.54, 1.807) is 0 Å². The summed E-state index contributed by atoms with van der Waals surface area (Å²) in [4.78, 5) is 22.1. The molecule has 3 nitrogen and oxygen atoms in total. The van der Waals surface area contributed by atoms with Gasteiger partial charge in [-0.25, -0.2) is 0 Å². The van der Waals surface area contributed by atoms with Gasteiger partial charge in [-0.3, -0.25) is 9.59 Å². The van der Waals surface area contributed by atoms with Gasteiger partial charge in [0.25, 0.3) is 0 Å². The van der Waals surface area contributed by atoms with Gasteiger partial charge in [-0.05, 0) is 0 Å². The van der Waals surface area contributed by atoms with E-state index in [1.807, 2.05) is 0 Å². The molecule has 0 spiro atoms. The maximum Gasteiger partial charge on any atom is 0.169 e. The number of thioether (sulfide) groups is 1. The zero-order valence-corrected chi connectivity index (χ0v) is 8.20. The van der Waals surface area contributed by atoms with Crippen LogP contribution in [0.15, 0.2) is 4.21 Å². The number of thiophene rings is 1. The van der Waals surface area contributed by atoms with E-state index in [0.717, 1.165) is 9.96 Å². The van der Waals surface area contributed by atoms with Gasteiger partial charge in [0.05, 0.1) is 9.77 Å². The number of aldehydes is 1. The van der Waals surface area contributed by atoms with Crippen molar-refractivity contribution in [2.24, 2.45) is 0 Å². The van der Waals surface area contributed by atoms with E-state index in [2.05, 4.69) is 0 Å². The fourth-order valence-corrected chi connectivity index (χ4v) is 3.55. The Morgan fingerprint density at radius 2 is 2.23 bits per heavy atom. The van der Waals surface area contributed by atoms with Gasteiger partial charge in [0.1, 0.15) is 10.6 Å². The van der Waals surface area contributed by atoms with Crippen molar-refractivity contribution in [3.8, 4) is 5.75 Å². The average Bonchev–Trinajstić information content (AvgIpc) is 2.44. The maximum absolute atomic E-state index is 11.4. The van der Waals surface area contributed by atoms with Gasteiger partial charge < -0.3 is 5.11 Å². The number of carbonyl (C=O) groups excluding carboxylic acids is 2. The Hall–Kier alpha value is -0.810. The van der Waals surface area contributed by atoms with E-state index in [-0.39, 0.29) is 16.4 Å². The van der Waals surface area contributed by atoms with Crippen LogP contribution in [0.5, 0.6) is 5.75 Å². The minimum absolute atomic E-state index is 0.0596. The summed E-state index contributed by atoms with van der Waals surface area (Å²) in [6.07, 6.45) is 1.03. The molecule has 0 saturated carbocycles. The fourth-order valence-electron chi connectivity index (χ4n) is 1.21. The van der Waals surface area contributed by atoms with Crippen molar-refractivity contribution in [3.05, 3.63) is 10.4 Å². The molecule has 0 saturated heterocycles. The van der Waals surface area contributed by atoms with E-state index < -0.39 is 0 Å². The molecule has 1 aliphatic heterocycles. The second-order valence-corrected chi connectivity index (χ2v) is 5.03. The molecule has 13 heavy (non-hydrogen) atoms. The predicted octanol–water partition coefficient (Wildman–Crippen LogP) is 1.94. The molecular formula is C8H6O3S2. The summed E-state index contributed by atoms with van der Waals surface area (Å²) in [6.45, 7) is 0. The Labute approximate surface area is 82.8 Å². The molecule has 0 unspecified atom stereocenters. The lowest BCUT2D eigenvalue weighted by molar-refractivity contribution is 0.0983. The average molecular weight is 214 g/mol.